The van der Waals surface area contributed by atoms with E-state index in [0.29, 0.717) is 5.75 Å². The molecule has 0 radical (unpaired) electrons. The lowest BCUT2D eigenvalue weighted by Crippen LogP contribution is -2.32. The first-order chi connectivity index (χ1) is 14.1. The van der Waals surface area contributed by atoms with Gasteiger partial charge in [0.15, 0.2) is 5.16 Å². The molecule has 1 aliphatic carbocycles. The Hall–Kier alpha value is -2.67. The Bertz CT molecular complexity index is 1190. The van der Waals surface area contributed by atoms with Crippen LogP contribution in [0.3, 0.4) is 0 Å². The van der Waals surface area contributed by atoms with Crippen LogP contribution in [0, 0.1) is 6.92 Å². The van der Waals surface area contributed by atoms with Crippen LogP contribution in [0.5, 0.6) is 0 Å². The van der Waals surface area contributed by atoms with E-state index in [1.165, 1.54) is 0 Å². The number of hydrogen-bond donors (Lipinski definition) is 1. The van der Waals surface area contributed by atoms with Crippen LogP contribution < -0.4 is 10.9 Å². The molecule has 3 aromatic rings. The van der Waals surface area contributed by atoms with Gasteiger partial charge in [0, 0.05) is 28.8 Å². The molecule has 0 bridgehead atoms. The minimum absolute atomic E-state index is 0.0534. The van der Waals surface area contributed by atoms with Crippen molar-refractivity contribution >= 4 is 34.3 Å². The van der Waals surface area contributed by atoms with E-state index in [4.69, 9.17) is 4.98 Å². The summed E-state index contributed by atoms with van der Waals surface area (Å²) in [6.45, 7) is 1.92. The van der Waals surface area contributed by atoms with Crippen molar-refractivity contribution in [1.82, 2.24) is 14.5 Å². The molecule has 1 atom stereocenters. The predicted octanol–water partition coefficient (Wildman–Crippen LogP) is 3.65. The van der Waals surface area contributed by atoms with Gasteiger partial charge >= 0.3 is 0 Å². The van der Waals surface area contributed by atoms with Gasteiger partial charge in [-0.1, -0.05) is 30.0 Å². The lowest BCUT2D eigenvalue weighted by atomic mass is 9.97. The Labute approximate surface area is 172 Å². The first-order valence-electron chi connectivity index (χ1n) is 10.0. The Balaban J connectivity index is 1.41. The molecular weight excluding hydrogens is 384 g/mol. The molecular formula is C22H22N4O2S. The summed E-state index contributed by atoms with van der Waals surface area (Å²) in [5.74, 6) is 0.609. The molecule has 2 aliphatic rings. The largest absolute Gasteiger partial charge is 0.325 e. The number of anilines is 1. The Morgan fingerprint density at radius 2 is 2.07 bits per heavy atom. The number of nitrogens with zero attached hydrogens (tertiary/aromatic N) is 3. The molecule has 5 rings (SSSR count). The average Bonchev–Trinajstić information content (AvgIpc) is 3.10. The summed E-state index contributed by atoms with van der Waals surface area (Å²) in [5, 5.41) is 4.72. The number of para-hydroxylation sites is 1. The summed E-state index contributed by atoms with van der Waals surface area (Å²) in [6, 6.07) is 9.51. The van der Waals surface area contributed by atoms with Gasteiger partial charge in [0.25, 0.3) is 5.56 Å². The second-order valence-electron chi connectivity index (χ2n) is 7.75. The maximum atomic E-state index is 13.0. The second kappa shape index (κ2) is 7.30. The van der Waals surface area contributed by atoms with Crippen molar-refractivity contribution < 1.29 is 4.79 Å². The van der Waals surface area contributed by atoms with Gasteiger partial charge in [0.1, 0.15) is 0 Å². The van der Waals surface area contributed by atoms with Crippen molar-refractivity contribution in [1.29, 1.82) is 0 Å². The fraction of sp³-hybridized carbons (Fsp3) is 0.364. The number of fused-ring (bicyclic) bond motifs is 3. The van der Waals surface area contributed by atoms with Gasteiger partial charge in [-0.2, -0.15) is 0 Å². The van der Waals surface area contributed by atoms with Gasteiger partial charge in [0.05, 0.1) is 22.9 Å². The Morgan fingerprint density at radius 3 is 2.97 bits per heavy atom. The monoisotopic (exact) mass is 406 g/mol. The smallest absolute Gasteiger partial charge is 0.257 e. The average molecular weight is 407 g/mol. The molecule has 6 nitrogen and oxygen atoms in total. The highest BCUT2D eigenvalue weighted by molar-refractivity contribution is 7.99. The summed E-state index contributed by atoms with van der Waals surface area (Å²) in [6.07, 6.45) is 4.08. The van der Waals surface area contributed by atoms with E-state index >= 15 is 0 Å². The number of carbonyl (C=O) groups is 1. The van der Waals surface area contributed by atoms with Crippen LogP contribution in [-0.4, -0.2) is 26.2 Å². The summed E-state index contributed by atoms with van der Waals surface area (Å²) >= 11 is 1.58. The first kappa shape index (κ1) is 18.4. The fourth-order valence-electron chi connectivity index (χ4n) is 4.29. The third-order valence-electron chi connectivity index (χ3n) is 5.66. The standard InChI is InChI=1S/C22H22N4O2S/c1-13-10-19(15-6-2-4-8-17(15)23-13)24-20(27)11-14-12-29-22-25-18-9-5-3-7-16(18)21(28)26(14)22/h2,4,6,8,10,14H,3,5,7,9,11-12H2,1H3,(H,23,24,27). The Morgan fingerprint density at radius 1 is 1.24 bits per heavy atom. The molecule has 1 aliphatic heterocycles. The summed E-state index contributed by atoms with van der Waals surface area (Å²) in [5.41, 5.74) is 4.34. The third kappa shape index (κ3) is 3.33. The minimum Gasteiger partial charge on any atom is -0.325 e. The number of rotatable bonds is 3. The van der Waals surface area contributed by atoms with Crippen LogP contribution in [0.15, 0.2) is 40.3 Å². The highest BCUT2D eigenvalue weighted by atomic mass is 32.2. The molecule has 7 heteroatoms. The zero-order valence-corrected chi connectivity index (χ0v) is 17.1. The number of aromatic nitrogens is 3. The quantitative estimate of drug-likeness (QED) is 0.672. The van der Waals surface area contributed by atoms with Crippen molar-refractivity contribution in [3.63, 3.8) is 0 Å². The highest BCUT2D eigenvalue weighted by Crippen LogP contribution is 2.34. The van der Waals surface area contributed by atoms with Gasteiger partial charge in [0.2, 0.25) is 5.91 Å². The number of thioether (sulfide) groups is 1. The fourth-order valence-corrected chi connectivity index (χ4v) is 5.44. The number of amides is 1. The van der Waals surface area contributed by atoms with Crippen LogP contribution in [0.1, 0.15) is 42.3 Å². The van der Waals surface area contributed by atoms with Gasteiger partial charge < -0.3 is 5.32 Å². The van der Waals surface area contributed by atoms with E-state index in [1.807, 2.05) is 37.3 Å². The SMILES string of the molecule is Cc1cc(NC(=O)CC2CSc3nc4c(c(=O)n32)CCCC4)c2ccccc2n1. The number of nitrogens with one attached hydrogen (secondary N) is 1. The lowest BCUT2D eigenvalue weighted by Gasteiger charge is -2.19. The van der Waals surface area contributed by atoms with Gasteiger partial charge in [-0.05, 0) is 44.7 Å². The molecule has 0 spiro atoms. The van der Waals surface area contributed by atoms with Crippen LogP contribution in [0.25, 0.3) is 10.9 Å². The maximum absolute atomic E-state index is 13.0. The molecule has 148 valence electrons. The Kier molecular flexibility index (Phi) is 4.62. The van der Waals surface area contributed by atoms with Crippen molar-refractivity contribution in [2.24, 2.45) is 0 Å². The number of benzene rings is 1. The van der Waals surface area contributed by atoms with Crippen molar-refractivity contribution in [2.45, 2.75) is 50.2 Å². The van der Waals surface area contributed by atoms with E-state index in [0.717, 1.165) is 64.4 Å². The maximum Gasteiger partial charge on any atom is 0.257 e. The molecule has 1 amide bonds. The normalized spacial score (nSPS) is 17.8. The molecule has 0 saturated carbocycles. The number of pyridine rings is 1. The third-order valence-corrected chi connectivity index (χ3v) is 6.76. The predicted molar refractivity (Wildman–Crippen MR) is 115 cm³/mol. The molecule has 1 aromatic carbocycles. The molecule has 1 N–H and O–H groups in total. The topological polar surface area (TPSA) is 76.9 Å². The number of carbonyl (C=O) groups excluding carboxylic acids is 1. The minimum atomic E-state index is -0.156. The van der Waals surface area contributed by atoms with Crippen LogP contribution in [-0.2, 0) is 17.6 Å². The van der Waals surface area contributed by atoms with Crippen LogP contribution in [0.4, 0.5) is 5.69 Å². The highest BCUT2D eigenvalue weighted by Gasteiger charge is 2.30. The van der Waals surface area contributed by atoms with Crippen molar-refractivity contribution in [3.8, 4) is 0 Å². The molecule has 0 saturated heterocycles. The summed E-state index contributed by atoms with van der Waals surface area (Å²) < 4.78 is 1.75. The van der Waals surface area contributed by atoms with E-state index in [-0.39, 0.29) is 23.9 Å². The molecule has 2 aromatic heterocycles. The molecule has 0 fully saturated rings. The van der Waals surface area contributed by atoms with E-state index in [9.17, 15) is 9.59 Å². The second-order valence-corrected chi connectivity index (χ2v) is 8.73. The summed E-state index contributed by atoms with van der Waals surface area (Å²) in [4.78, 5) is 35.2. The van der Waals surface area contributed by atoms with Crippen LogP contribution >= 0.6 is 11.8 Å². The molecule has 3 heterocycles. The van der Waals surface area contributed by atoms with E-state index in [2.05, 4.69) is 10.3 Å². The van der Waals surface area contributed by atoms with Crippen molar-refractivity contribution in [3.05, 3.63) is 57.6 Å². The number of hydrogen-bond acceptors (Lipinski definition) is 5. The molecule has 29 heavy (non-hydrogen) atoms. The van der Waals surface area contributed by atoms with E-state index < -0.39 is 0 Å². The lowest BCUT2D eigenvalue weighted by molar-refractivity contribution is -0.116. The van der Waals surface area contributed by atoms with Gasteiger partial charge in [-0.3, -0.25) is 19.1 Å². The zero-order valence-electron chi connectivity index (χ0n) is 16.3. The number of aryl methyl sites for hydroxylation is 2. The summed E-state index contributed by atoms with van der Waals surface area (Å²) in [7, 11) is 0. The van der Waals surface area contributed by atoms with Gasteiger partial charge in [-0.25, -0.2) is 4.98 Å². The van der Waals surface area contributed by atoms with Crippen LogP contribution in [0.2, 0.25) is 0 Å². The zero-order chi connectivity index (χ0) is 20.0. The molecule has 1 unspecified atom stereocenters. The first-order valence-corrected chi connectivity index (χ1v) is 11.0. The van der Waals surface area contributed by atoms with Crippen molar-refractivity contribution in [2.75, 3.05) is 11.1 Å². The van der Waals surface area contributed by atoms with E-state index in [1.54, 1.807) is 16.3 Å². The van der Waals surface area contributed by atoms with Gasteiger partial charge in [-0.15, -0.1) is 0 Å².